The Morgan fingerprint density at radius 1 is 1.03 bits per heavy atom. The summed E-state index contributed by atoms with van der Waals surface area (Å²) in [6, 6.07) is 14.2. The number of ether oxygens (including phenoxy) is 2. The molecule has 1 unspecified atom stereocenters. The van der Waals surface area contributed by atoms with Gasteiger partial charge in [0.2, 0.25) is 0 Å². The molecular weight excluding hydrogens is 507 g/mol. The number of carbonyl (C=O) groups excluding carboxylic acids is 2. The lowest BCUT2D eigenvalue weighted by Gasteiger charge is -2.26. The predicted octanol–water partition coefficient (Wildman–Crippen LogP) is 5.21. The number of methoxy groups -OCH3 is 2. The Hall–Kier alpha value is -4.19. The summed E-state index contributed by atoms with van der Waals surface area (Å²) < 4.78 is 10.6. The molecule has 3 aromatic rings. The maximum Gasteiger partial charge on any atom is 0.300 e. The largest absolute Gasteiger partial charge is 0.508 e. The third-order valence-electron chi connectivity index (χ3n) is 5.70. The molecule has 1 heterocycles. The number of nitrogens with zero attached hydrogens (tertiary/aromatic N) is 2. The highest BCUT2D eigenvalue weighted by atomic mass is 35.5. The highest BCUT2D eigenvalue weighted by molar-refractivity contribution is 6.52. The van der Waals surface area contributed by atoms with Crippen LogP contribution in [0.4, 0.5) is 5.69 Å². The zero-order valence-corrected chi connectivity index (χ0v) is 20.5. The maximum atomic E-state index is 13.3. The quantitative estimate of drug-likeness (QED) is 0.267. The minimum absolute atomic E-state index is 0.0188. The van der Waals surface area contributed by atoms with Gasteiger partial charge < -0.3 is 19.7 Å². The van der Waals surface area contributed by atoms with E-state index in [1.165, 1.54) is 61.6 Å². The van der Waals surface area contributed by atoms with E-state index in [0.717, 1.165) is 0 Å². The number of hydrogen-bond acceptors (Lipinski definition) is 7. The van der Waals surface area contributed by atoms with Gasteiger partial charge >= 0.3 is 0 Å². The van der Waals surface area contributed by atoms with Crippen molar-refractivity contribution in [2.24, 2.45) is 0 Å². The van der Waals surface area contributed by atoms with Crippen molar-refractivity contribution >= 4 is 46.3 Å². The fourth-order valence-corrected chi connectivity index (χ4v) is 4.78. The molecule has 0 spiro atoms. The van der Waals surface area contributed by atoms with Crippen LogP contribution in [-0.4, -0.2) is 36.1 Å². The molecule has 2 N–H and O–H groups in total. The van der Waals surface area contributed by atoms with Crippen LogP contribution in [-0.2, 0) is 9.59 Å². The van der Waals surface area contributed by atoms with Crippen LogP contribution in [0.3, 0.4) is 0 Å². The number of phenols is 1. The summed E-state index contributed by atoms with van der Waals surface area (Å²) in [6.45, 7) is 0. The predicted molar refractivity (Wildman–Crippen MR) is 134 cm³/mol. The number of ketones is 1. The van der Waals surface area contributed by atoms with Crippen molar-refractivity contribution in [1.82, 2.24) is 0 Å². The fourth-order valence-electron chi connectivity index (χ4n) is 4.10. The maximum absolute atomic E-state index is 13.3. The van der Waals surface area contributed by atoms with Gasteiger partial charge in [-0.15, -0.1) is 0 Å². The number of aromatic hydroxyl groups is 1. The van der Waals surface area contributed by atoms with Gasteiger partial charge in [-0.25, -0.2) is 0 Å². The first-order chi connectivity index (χ1) is 17.2. The summed E-state index contributed by atoms with van der Waals surface area (Å²) in [5.74, 6) is -2.49. The topological polar surface area (TPSA) is 120 Å². The third kappa shape index (κ3) is 4.09. The molecule has 4 rings (SSSR count). The number of phenolic OH excluding ortho intramolecular Hbond substituents is 1. The molecule has 0 radical (unpaired) electrons. The average molecular weight is 525 g/mol. The van der Waals surface area contributed by atoms with E-state index in [-0.39, 0.29) is 38.4 Å². The van der Waals surface area contributed by atoms with Crippen molar-refractivity contribution in [2.45, 2.75) is 6.04 Å². The number of halogens is 2. The van der Waals surface area contributed by atoms with Gasteiger partial charge in [0.25, 0.3) is 11.7 Å². The molecule has 1 fully saturated rings. The number of anilines is 1. The number of benzene rings is 3. The Labute approximate surface area is 216 Å². The summed E-state index contributed by atoms with van der Waals surface area (Å²) >= 11 is 12.7. The molecule has 182 valence electrons. The van der Waals surface area contributed by atoms with Crippen molar-refractivity contribution in [1.29, 1.82) is 5.26 Å². The normalized spacial score (nSPS) is 16.6. The first-order valence-corrected chi connectivity index (χ1v) is 11.2. The van der Waals surface area contributed by atoms with Crippen molar-refractivity contribution in [3.8, 4) is 23.3 Å². The SMILES string of the molecule is COc1c(Cl)cc(/C(O)=C2\C(=O)C(=O)N(c3ccc(C#N)cc3)C2c2cccc(O)c2)c(OC)c1Cl. The lowest BCUT2D eigenvalue weighted by Crippen LogP contribution is -2.29. The standard InChI is InChI=1S/C26H18Cl2N2O6/c1-35-24-17(11-18(27)25(36-2)20(24)28)22(32)19-21(14-4-3-5-16(31)10-14)30(26(34)23(19)33)15-8-6-13(12-29)7-9-15/h3-11,21,31-32H,1-2H3/b22-19+. The van der Waals surface area contributed by atoms with Gasteiger partial charge in [-0.3, -0.25) is 14.5 Å². The Morgan fingerprint density at radius 2 is 1.69 bits per heavy atom. The van der Waals surface area contributed by atoms with Crippen LogP contribution < -0.4 is 14.4 Å². The van der Waals surface area contributed by atoms with E-state index in [2.05, 4.69) is 0 Å². The fraction of sp³-hybridized carbons (Fsp3) is 0.115. The summed E-state index contributed by atoms with van der Waals surface area (Å²) in [6.07, 6.45) is 0. The van der Waals surface area contributed by atoms with Gasteiger partial charge in [0.15, 0.2) is 11.5 Å². The summed E-state index contributed by atoms with van der Waals surface area (Å²) in [5.41, 5.74) is 0.712. The van der Waals surface area contributed by atoms with Gasteiger partial charge in [-0.1, -0.05) is 35.3 Å². The number of rotatable bonds is 5. The summed E-state index contributed by atoms with van der Waals surface area (Å²) in [5, 5.41) is 30.7. The number of hydrogen-bond donors (Lipinski definition) is 2. The van der Waals surface area contributed by atoms with E-state index >= 15 is 0 Å². The van der Waals surface area contributed by atoms with E-state index in [4.69, 9.17) is 37.9 Å². The molecule has 10 heteroatoms. The van der Waals surface area contributed by atoms with Crippen LogP contribution in [0.2, 0.25) is 10.0 Å². The Balaban J connectivity index is 2.01. The van der Waals surface area contributed by atoms with Crippen molar-refractivity contribution in [3.63, 3.8) is 0 Å². The van der Waals surface area contributed by atoms with Crippen LogP contribution in [0, 0.1) is 11.3 Å². The minimum Gasteiger partial charge on any atom is -0.508 e. The molecule has 1 saturated heterocycles. The molecular formula is C26H18Cl2N2O6. The molecule has 0 saturated carbocycles. The van der Waals surface area contributed by atoms with Crippen molar-refractivity contribution < 1.29 is 29.3 Å². The minimum atomic E-state index is -1.13. The van der Waals surface area contributed by atoms with Gasteiger partial charge in [-0.2, -0.15) is 5.26 Å². The highest BCUT2D eigenvalue weighted by Crippen LogP contribution is 2.48. The molecule has 1 atom stereocenters. The molecule has 3 aromatic carbocycles. The Morgan fingerprint density at radius 3 is 2.28 bits per heavy atom. The average Bonchev–Trinajstić information content (AvgIpc) is 3.14. The second kappa shape index (κ2) is 9.82. The zero-order chi connectivity index (χ0) is 26.1. The Bertz CT molecular complexity index is 1460. The molecule has 0 bridgehead atoms. The Kier molecular flexibility index (Phi) is 6.80. The van der Waals surface area contributed by atoms with E-state index in [9.17, 15) is 19.8 Å². The van der Waals surface area contributed by atoms with Crippen LogP contribution >= 0.6 is 23.2 Å². The van der Waals surface area contributed by atoms with E-state index in [1.54, 1.807) is 12.1 Å². The zero-order valence-electron chi connectivity index (χ0n) is 19.0. The molecule has 36 heavy (non-hydrogen) atoms. The van der Waals surface area contributed by atoms with E-state index in [0.29, 0.717) is 16.8 Å². The number of aliphatic hydroxyl groups excluding tert-OH is 1. The highest BCUT2D eigenvalue weighted by Gasteiger charge is 2.47. The van der Waals surface area contributed by atoms with E-state index in [1.807, 2.05) is 6.07 Å². The van der Waals surface area contributed by atoms with Gasteiger partial charge in [0.1, 0.15) is 16.5 Å². The van der Waals surface area contributed by atoms with Crippen molar-refractivity contribution in [2.75, 3.05) is 19.1 Å². The monoisotopic (exact) mass is 524 g/mol. The van der Waals surface area contributed by atoms with Gasteiger partial charge in [0.05, 0.1) is 48.1 Å². The first kappa shape index (κ1) is 24.9. The van der Waals surface area contributed by atoms with Gasteiger partial charge in [-0.05, 0) is 48.0 Å². The van der Waals surface area contributed by atoms with Crippen LogP contribution in [0.25, 0.3) is 5.76 Å². The van der Waals surface area contributed by atoms with Gasteiger partial charge in [0, 0.05) is 5.69 Å². The number of aliphatic hydroxyl groups is 1. The summed E-state index contributed by atoms with van der Waals surface area (Å²) in [4.78, 5) is 27.8. The number of Topliss-reactive ketones (excluding diaryl/α,β-unsaturated/α-hetero) is 1. The molecule has 1 aliphatic rings. The molecule has 8 nitrogen and oxygen atoms in total. The third-order valence-corrected chi connectivity index (χ3v) is 6.32. The van der Waals surface area contributed by atoms with Crippen molar-refractivity contribution in [3.05, 3.63) is 86.9 Å². The molecule has 0 aliphatic carbocycles. The molecule has 1 amide bonds. The van der Waals surface area contributed by atoms with Crippen LogP contribution in [0.1, 0.15) is 22.7 Å². The van der Waals surface area contributed by atoms with E-state index < -0.39 is 23.5 Å². The lowest BCUT2D eigenvalue weighted by atomic mass is 9.94. The van der Waals surface area contributed by atoms with Crippen LogP contribution in [0.5, 0.6) is 17.2 Å². The second-order valence-corrected chi connectivity index (χ2v) is 8.49. The molecule has 1 aliphatic heterocycles. The second-order valence-electron chi connectivity index (χ2n) is 7.71. The number of amides is 1. The molecule has 0 aromatic heterocycles. The number of carbonyl (C=O) groups is 2. The number of nitriles is 1. The lowest BCUT2D eigenvalue weighted by molar-refractivity contribution is -0.132. The smallest absolute Gasteiger partial charge is 0.300 e. The first-order valence-electron chi connectivity index (χ1n) is 10.4. The summed E-state index contributed by atoms with van der Waals surface area (Å²) in [7, 11) is 2.67. The van der Waals surface area contributed by atoms with Crippen LogP contribution in [0.15, 0.2) is 60.2 Å².